The van der Waals surface area contributed by atoms with Crippen molar-refractivity contribution in [3.63, 3.8) is 0 Å². The van der Waals surface area contributed by atoms with Crippen LogP contribution in [0.5, 0.6) is 5.75 Å². The third kappa shape index (κ3) is 4.03. The molecule has 0 saturated carbocycles. The first-order valence-electron chi connectivity index (χ1n) is 5.90. The van der Waals surface area contributed by atoms with Crippen LogP contribution in [-0.2, 0) is 6.54 Å². The highest BCUT2D eigenvalue weighted by Gasteiger charge is 2.07. The first-order chi connectivity index (χ1) is 7.79. The Balaban J connectivity index is 2.68. The summed E-state index contributed by atoms with van der Waals surface area (Å²) >= 11 is 6.13. The molecule has 0 bridgehead atoms. The number of ether oxygens (including phenoxy) is 1. The number of rotatable bonds is 7. The van der Waals surface area contributed by atoms with Gasteiger partial charge in [-0.3, -0.25) is 0 Å². The molecule has 16 heavy (non-hydrogen) atoms. The second kappa shape index (κ2) is 7.53. The molecular weight excluding hydrogens is 222 g/mol. The summed E-state index contributed by atoms with van der Waals surface area (Å²) in [6.45, 7) is 6.78. The fourth-order valence-corrected chi connectivity index (χ4v) is 1.71. The van der Waals surface area contributed by atoms with Crippen LogP contribution < -0.4 is 10.1 Å². The first-order valence-corrected chi connectivity index (χ1v) is 6.28. The molecular formula is C13H20ClNO. The average molecular weight is 242 g/mol. The minimum atomic E-state index is 0.698. The first kappa shape index (κ1) is 13.3. The number of hydrogen-bond donors (Lipinski definition) is 1. The van der Waals surface area contributed by atoms with Crippen LogP contribution in [0, 0.1) is 0 Å². The van der Waals surface area contributed by atoms with Gasteiger partial charge in [-0.2, -0.15) is 0 Å². The van der Waals surface area contributed by atoms with Crippen LogP contribution in [0.1, 0.15) is 32.3 Å². The van der Waals surface area contributed by atoms with Crippen LogP contribution in [-0.4, -0.2) is 13.2 Å². The highest BCUT2D eigenvalue weighted by molar-refractivity contribution is 6.32. The van der Waals surface area contributed by atoms with Crippen molar-refractivity contribution in [3.8, 4) is 5.75 Å². The molecule has 0 heterocycles. The van der Waals surface area contributed by atoms with Crippen LogP contribution >= 0.6 is 11.6 Å². The standard InChI is InChI=1S/C13H20ClNO/c1-3-8-15-10-11-6-5-7-12(14)13(11)16-9-4-2/h5-7,15H,3-4,8-10H2,1-2H3. The Kier molecular flexibility index (Phi) is 6.27. The monoisotopic (exact) mass is 241 g/mol. The van der Waals surface area contributed by atoms with E-state index in [9.17, 15) is 0 Å². The van der Waals surface area contributed by atoms with E-state index >= 15 is 0 Å². The molecule has 90 valence electrons. The molecule has 0 aliphatic carbocycles. The fourth-order valence-electron chi connectivity index (χ4n) is 1.46. The molecule has 1 aromatic carbocycles. The number of para-hydroxylation sites is 1. The predicted octanol–water partition coefficient (Wildman–Crippen LogP) is 3.63. The van der Waals surface area contributed by atoms with E-state index in [2.05, 4.69) is 25.2 Å². The molecule has 0 aliphatic heterocycles. The van der Waals surface area contributed by atoms with Crippen LogP contribution in [0.25, 0.3) is 0 Å². The number of benzene rings is 1. The highest BCUT2D eigenvalue weighted by atomic mass is 35.5. The Labute approximate surface area is 103 Å². The van der Waals surface area contributed by atoms with Crippen molar-refractivity contribution < 1.29 is 4.74 Å². The summed E-state index contributed by atoms with van der Waals surface area (Å²) in [7, 11) is 0. The Morgan fingerprint density at radius 2 is 2.06 bits per heavy atom. The van der Waals surface area contributed by atoms with E-state index in [1.807, 2.05) is 12.1 Å². The van der Waals surface area contributed by atoms with Crippen molar-refractivity contribution in [2.24, 2.45) is 0 Å². The molecule has 0 aromatic heterocycles. The summed E-state index contributed by atoms with van der Waals surface area (Å²) < 4.78 is 5.68. The molecule has 1 rings (SSSR count). The van der Waals surface area contributed by atoms with E-state index in [0.29, 0.717) is 11.6 Å². The SMILES string of the molecule is CCCNCc1cccc(Cl)c1OCCC. The largest absolute Gasteiger partial charge is 0.492 e. The second-order valence-corrected chi connectivity index (χ2v) is 4.16. The summed E-state index contributed by atoms with van der Waals surface area (Å²) in [4.78, 5) is 0. The minimum Gasteiger partial charge on any atom is -0.492 e. The predicted molar refractivity (Wildman–Crippen MR) is 69.2 cm³/mol. The molecule has 0 unspecified atom stereocenters. The summed E-state index contributed by atoms with van der Waals surface area (Å²) in [6.07, 6.45) is 2.12. The summed E-state index contributed by atoms with van der Waals surface area (Å²) in [5.41, 5.74) is 1.13. The lowest BCUT2D eigenvalue weighted by atomic mass is 10.2. The van der Waals surface area contributed by atoms with Gasteiger partial charge < -0.3 is 10.1 Å². The van der Waals surface area contributed by atoms with Gasteiger partial charge >= 0.3 is 0 Å². The zero-order valence-electron chi connectivity index (χ0n) is 10.1. The Morgan fingerprint density at radius 1 is 1.25 bits per heavy atom. The lowest BCUT2D eigenvalue weighted by Gasteiger charge is -2.13. The smallest absolute Gasteiger partial charge is 0.142 e. The zero-order valence-corrected chi connectivity index (χ0v) is 10.8. The lowest BCUT2D eigenvalue weighted by molar-refractivity contribution is 0.313. The molecule has 2 nitrogen and oxygen atoms in total. The van der Waals surface area contributed by atoms with E-state index in [4.69, 9.17) is 16.3 Å². The van der Waals surface area contributed by atoms with Crippen molar-refractivity contribution in [1.82, 2.24) is 5.32 Å². The van der Waals surface area contributed by atoms with Gasteiger partial charge in [0.05, 0.1) is 11.6 Å². The second-order valence-electron chi connectivity index (χ2n) is 3.75. The van der Waals surface area contributed by atoms with Gasteiger partial charge in [-0.05, 0) is 25.5 Å². The molecule has 1 N–H and O–H groups in total. The van der Waals surface area contributed by atoms with Gasteiger partial charge in [0.2, 0.25) is 0 Å². The van der Waals surface area contributed by atoms with Crippen molar-refractivity contribution in [1.29, 1.82) is 0 Å². The topological polar surface area (TPSA) is 21.3 Å². The molecule has 0 atom stereocenters. The average Bonchev–Trinajstić information content (AvgIpc) is 2.28. The summed E-state index contributed by atoms with van der Waals surface area (Å²) in [6, 6.07) is 5.89. The Hall–Kier alpha value is -0.730. The quantitative estimate of drug-likeness (QED) is 0.736. The van der Waals surface area contributed by atoms with Crippen LogP contribution in [0.15, 0.2) is 18.2 Å². The maximum absolute atomic E-state index is 6.13. The van der Waals surface area contributed by atoms with E-state index < -0.39 is 0 Å². The fraction of sp³-hybridized carbons (Fsp3) is 0.538. The summed E-state index contributed by atoms with van der Waals surface area (Å²) in [5, 5.41) is 4.06. The van der Waals surface area contributed by atoms with E-state index in [1.165, 1.54) is 0 Å². The van der Waals surface area contributed by atoms with Gasteiger partial charge in [-0.1, -0.05) is 37.6 Å². The third-order valence-corrected chi connectivity index (χ3v) is 2.54. The van der Waals surface area contributed by atoms with E-state index in [-0.39, 0.29) is 0 Å². The maximum atomic E-state index is 6.13. The van der Waals surface area contributed by atoms with Crippen LogP contribution in [0.4, 0.5) is 0 Å². The van der Waals surface area contributed by atoms with Crippen LogP contribution in [0.2, 0.25) is 5.02 Å². The number of nitrogens with one attached hydrogen (secondary N) is 1. The molecule has 0 amide bonds. The molecule has 0 saturated heterocycles. The van der Waals surface area contributed by atoms with Crippen molar-refractivity contribution in [3.05, 3.63) is 28.8 Å². The highest BCUT2D eigenvalue weighted by Crippen LogP contribution is 2.28. The molecule has 3 heteroatoms. The van der Waals surface area contributed by atoms with Gasteiger partial charge in [0.1, 0.15) is 5.75 Å². The summed E-state index contributed by atoms with van der Waals surface area (Å²) in [5.74, 6) is 0.828. The molecule has 0 fully saturated rings. The minimum absolute atomic E-state index is 0.698. The van der Waals surface area contributed by atoms with Crippen molar-refractivity contribution in [2.45, 2.75) is 33.2 Å². The van der Waals surface area contributed by atoms with E-state index in [1.54, 1.807) is 0 Å². The van der Waals surface area contributed by atoms with Gasteiger partial charge in [-0.25, -0.2) is 0 Å². The zero-order chi connectivity index (χ0) is 11.8. The normalized spacial score (nSPS) is 10.4. The maximum Gasteiger partial charge on any atom is 0.142 e. The van der Waals surface area contributed by atoms with Crippen molar-refractivity contribution >= 4 is 11.6 Å². The van der Waals surface area contributed by atoms with Gasteiger partial charge in [0.25, 0.3) is 0 Å². The lowest BCUT2D eigenvalue weighted by Crippen LogP contribution is -2.14. The van der Waals surface area contributed by atoms with Crippen LogP contribution in [0.3, 0.4) is 0 Å². The number of halogens is 1. The van der Waals surface area contributed by atoms with Gasteiger partial charge in [-0.15, -0.1) is 0 Å². The molecule has 1 aromatic rings. The van der Waals surface area contributed by atoms with Crippen molar-refractivity contribution in [2.75, 3.05) is 13.2 Å². The molecule has 0 radical (unpaired) electrons. The van der Waals surface area contributed by atoms with Gasteiger partial charge in [0.15, 0.2) is 0 Å². The van der Waals surface area contributed by atoms with E-state index in [0.717, 1.165) is 37.2 Å². The Bertz CT molecular complexity index is 315. The van der Waals surface area contributed by atoms with Gasteiger partial charge in [0, 0.05) is 12.1 Å². The molecule has 0 aliphatic rings. The number of hydrogen-bond acceptors (Lipinski definition) is 2. The molecule has 0 spiro atoms. The third-order valence-electron chi connectivity index (χ3n) is 2.24. The Morgan fingerprint density at radius 3 is 2.75 bits per heavy atom.